The number of halogens is 2. The van der Waals surface area contributed by atoms with Gasteiger partial charge in [-0.25, -0.2) is 12.8 Å². The average molecular weight is 403 g/mol. The van der Waals surface area contributed by atoms with Gasteiger partial charge in [0, 0.05) is 12.1 Å². The maximum absolute atomic E-state index is 14.6. The van der Waals surface area contributed by atoms with Gasteiger partial charge in [-0.2, -0.15) is 4.31 Å². The van der Waals surface area contributed by atoms with Gasteiger partial charge in [0.05, 0.1) is 10.7 Å². The first kappa shape index (κ1) is 18.0. The van der Waals surface area contributed by atoms with E-state index in [1.807, 2.05) is 30.3 Å². The SMILES string of the molecule is O=S1(=O)c2ccccc2N[C@@H](c2c(F)cccc2Cl)N1Cc1ccccc1. The third-order valence-electron chi connectivity index (χ3n) is 4.51. The van der Waals surface area contributed by atoms with Crippen molar-refractivity contribution in [2.24, 2.45) is 0 Å². The molecule has 7 heteroatoms. The molecule has 0 aliphatic carbocycles. The van der Waals surface area contributed by atoms with Gasteiger partial charge in [-0.3, -0.25) is 0 Å². The maximum Gasteiger partial charge on any atom is 0.247 e. The van der Waals surface area contributed by atoms with E-state index in [0.29, 0.717) is 5.69 Å². The van der Waals surface area contributed by atoms with Crippen molar-refractivity contribution in [3.05, 3.63) is 94.8 Å². The maximum atomic E-state index is 14.6. The Labute approximate surface area is 162 Å². The van der Waals surface area contributed by atoms with Crippen LogP contribution in [-0.2, 0) is 16.6 Å². The highest BCUT2D eigenvalue weighted by Gasteiger charge is 2.40. The number of anilines is 1. The summed E-state index contributed by atoms with van der Waals surface area (Å²) in [5.41, 5.74) is 1.32. The lowest BCUT2D eigenvalue weighted by molar-refractivity contribution is 0.329. The Kier molecular flexibility index (Phi) is 4.63. The Morgan fingerprint density at radius 3 is 2.41 bits per heavy atom. The quantitative estimate of drug-likeness (QED) is 0.685. The molecule has 1 aliphatic rings. The van der Waals surface area contributed by atoms with Gasteiger partial charge in [-0.05, 0) is 29.8 Å². The van der Waals surface area contributed by atoms with Crippen molar-refractivity contribution in [3.8, 4) is 0 Å². The van der Waals surface area contributed by atoms with E-state index in [1.165, 1.54) is 22.5 Å². The third-order valence-corrected chi connectivity index (χ3v) is 6.71. The fourth-order valence-corrected chi connectivity index (χ4v) is 5.15. The summed E-state index contributed by atoms with van der Waals surface area (Å²) in [7, 11) is -3.87. The van der Waals surface area contributed by atoms with Gasteiger partial charge in [0.2, 0.25) is 10.0 Å². The van der Waals surface area contributed by atoms with Gasteiger partial charge in [0.25, 0.3) is 0 Å². The predicted molar refractivity (Wildman–Crippen MR) is 103 cm³/mol. The van der Waals surface area contributed by atoms with Gasteiger partial charge >= 0.3 is 0 Å². The van der Waals surface area contributed by atoms with Crippen molar-refractivity contribution < 1.29 is 12.8 Å². The Bertz CT molecular complexity index is 1070. The molecule has 0 bridgehead atoms. The van der Waals surface area contributed by atoms with Crippen LogP contribution in [0.4, 0.5) is 10.1 Å². The van der Waals surface area contributed by atoms with E-state index in [4.69, 9.17) is 11.6 Å². The second kappa shape index (κ2) is 6.96. The number of para-hydroxylation sites is 1. The molecule has 0 aromatic heterocycles. The van der Waals surface area contributed by atoms with Crippen molar-refractivity contribution >= 4 is 27.3 Å². The molecule has 138 valence electrons. The van der Waals surface area contributed by atoms with Gasteiger partial charge in [-0.15, -0.1) is 0 Å². The molecule has 3 aromatic carbocycles. The first-order valence-electron chi connectivity index (χ1n) is 8.34. The van der Waals surface area contributed by atoms with Crippen LogP contribution in [0.5, 0.6) is 0 Å². The summed E-state index contributed by atoms with van der Waals surface area (Å²) >= 11 is 6.25. The highest BCUT2D eigenvalue weighted by atomic mass is 35.5. The minimum Gasteiger partial charge on any atom is -0.364 e. The van der Waals surface area contributed by atoms with E-state index in [0.717, 1.165) is 5.56 Å². The number of hydrogen-bond donors (Lipinski definition) is 1. The summed E-state index contributed by atoms with van der Waals surface area (Å²) in [4.78, 5) is 0.157. The second-order valence-electron chi connectivity index (χ2n) is 6.21. The minimum atomic E-state index is -3.87. The topological polar surface area (TPSA) is 49.4 Å². The number of benzene rings is 3. The molecule has 0 fully saturated rings. The van der Waals surface area contributed by atoms with Crippen LogP contribution in [0.2, 0.25) is 5.02 Å². The van der Waals surface area contributed by atoms with Crippen LogP contribution in [0, 0.1) is 5.82 Å². The first-order valence-corrected chi connectivity index (χ1v) is 10.2. The van der Waals surface area contributed by atoms with Crippen LogP contribution in [0.15, 0.2) is 77.7 Å². The molecule has 1 N–H and O–H groups in total. The predicted octanol–water partition coefficient (Wildman–Crippen LogP) is 4.79. The summed E-state index contributed by atoms with van der Waals surface area (Å²) in [6.07, 6.45) is -0.959. The van der Waals surface area contributed by atoms with Gasteiger partial charge in [-0.1, -0.05) is 60.1 Å². The fourth-order valence-electron chi connectivity index (χ4n) is 3.22. The molecule has 3 aromatic rings. The summed E-state index contributed by atoms with van der Waals surface area (Å²) in [6.45, 7) is 0.0832. The van der Waals surface area contributed by atoms with Gasteiger partial charge < -0.3 is 5.32 Å². The van der Waals surface area contributed by atoms with Crippen molar-refractivity contribution in [2.75, 3.05) is 5.32 Å². The monoisotopic (exact) mass is 402 g/mol. The summed E-state index contributed by atoms with van der Waals surface area (Å²) in [5, 5.41) is 3.31. The highest BCUT2D eigenvalue weighted by molar-refractivity contribution is 7.89. The smallest absolute Gasteiger partial charge is 0.247 e. The van der Waals surface area contributed by atoms with Crippen LogP contribution in [0.3, 0.4) is 0 Å². The van der Waals surface area contributed by atoms with Crippen LogP contribution in [0.1, 0.15) is 17.3 Å². The molecule has 4 nitrogen and oxygen atoms in total. The number of rotatable bonds is 3. The summed E-state index contributed by atoms with van der Waals surface area (Å²) < 4.78 is 42.5. The number of fused-ring (bicyclic) bond motifs is 1. The van der Waals surface area contributed by atoms with Crippen LogP contribution in [0.25, 0.3) is 0 Å². The molecule has 1 heterocycles. The molecular weight excluding hydrogens is 387 g/mol. The number of nitrogens with zero attached hydrogens (tertiary/aromatic N) is 1. The molecule has 0 saturated carbocycles. The van der Waals surface area contributed by atoms with Crippen LogP contribution in [-0.4, -0.2) is 12.7 Å². The zero-order valence-electron chi connectivity index (χ0n) is 14.1. The Morgan fingerprint density at radius 2 is 1.67 bits per heavy atom. The Balaban J connectivity index is 1.90. The third kappa shape index (κ3) is 3.20. The van der Waals surface area contributed by atoms with Crippen molar-refractivity contribution in [2.45, 2.75) is 17.6 Å². The lowest BCUT2D eigenvalue weighted by atomic mass is 10.1. The normalized spacial score (nSPS) is 18.5. The summed E-state index contributed by atoms with van der Waals surface area (Å²) in [5.74, 6) is -0.562. The van der Waals surface area contributed by atoms with Crippen LogP contribution < -0.4 is 5.32 Å². The molecule has 0 spiro atoms. The van der Waals surface area contributed by atoms with E-state index in [1.54, 1.807) is 24.3 Å². The van der Waals surface area contributed by atoms with Gasteiger partial charge in [0.1, 0.15) is 16.9 Å². The van der Waals surface area contributed by atoms with Crippen molar-refractivity contribution in [1.29, 1.82) is 0 Å². The fraction of sp³-hybridized carbons (Fsp3) is 0.100. The molecule has 0 saturated heterocycles. The van der Waals surface area contributed by atoms with Gasteiger partial charge in [0.15, 0.2) is 0 Å². The lowest BCUT2D eigenvalue weighted by Gasteiger charge is -2.37. The van der Waals surface area contributed by atoms with Crippen LogP contribution >= 0.6 is 11.6 Å². The summed E-state index contributed by atoms with van der Waals surface area (Å²) in [6, 6.07) is 20.1. The molecule has 0 radical (unpaired) electrons. The molecule has 0 amide bonds. The Morgan fingerprint density at radius 1 is 0.963 bits per heavy atom. The van der Waals surface area contributed by atoms with E-state index in [9.17, 15) is 12.8 Å². The number of hydrogen-bond acceptors (Lipinski definition) is 3. The standard InChI is InChI=1S/C20H16ClFN2O2S/c21-15-9-6-10-16(22)19(15)20-23-17-11-4-5-12-18(17)27(25,26)24(20)13-14-7-2-1-3-8-14/h1-12,20,23H,13H2/t20-/m1/s1. The highest BCUT2D eigenvalue weighted by Crippen LogP contribution is 2.41. The van der Waals surface area contributed by atoms with E-state index < -0.39 is 22.0 Å². The minimum absolute atomic E-state index is 0.0832. The molecular formula is C20H16ClFN2O2S. The molecule has 4 rings (SSSR count). The Hall–Kier alpha value is -2.41. The number of sulfonamides is 1. The molecule has 0 unspecified atom stereocenters. The first-order chi connectivity index (χ1) is 13.0. The van der Waals surface area contributed by atoms with E-state index in [2.05, 4.69) is 5.32 Å². The second-order valence-corrected chi connectivity index (χ2v) is 8.48. The largest absolute Gasteiger partial charge is 0.364 e. The zero-order valence-corrected chi connectivity index (χ0v) is 15.7. The van der Waals surface area contributed by atoms with E-state index >= 15 is 0 Å². The average Bonchev–Trinajstić information content (AvgIpc) is 2.65. The molecule has 1 atom stereocenters. The molecule has 1 aliphatic heterocycles. The lowest BCUT2D eigenvalue weighted by Crippen LogP contribution is -2.42. The zero-order chi connectivity index (χ0) is 19.0. The number of nitrogens with one attached hydrogen (secondary N) is 1. The molecule has 27 heavy (non-hydrogen) atoms. The van der Waals surface area contributed by atoms with Crippen molar-refractivity contribution in [1.82, 2.24) is 4.31 Å². The van der Waals surface area contributed by atoms with Crippen molar-refractivity contribution in [3.63, 3.8) is 0 Å². The van der Waals surface area contributed by atoms with E-state index in [-0.39, 0.29) is 22.0 Å².